The molecule has 0 bridgehead atoms. The van der Waals surface area contributed by atoms with Crippen molar-refractivity contribution in [2.75, 3.05) is 49.1 Å². The van der Waals surface area contributed by atoms with Crippen LogP contribution in [0.5, 0.6) is 5.75 Å². The standard InChI is InChI=1S/C20H20ClFN4O2/c1-13-6-15(22)8-23-18(13)24-9-20(10-24)11-25(12-20)19(27)26-4-5-28-17-7-14(21)2-3-16(17)26/h2-3,6-8H,4-5,9-12H2,1H3. The average Bonchev–Trinajstić information content (AvgIpc) is 2.59. The van der Waals surface area contributed by atoms with Gasteiger partial charge in [-0.2, -0.15) is 0 Å². The Hall–Kier alpha value is -2.54. The summed E-state index contributed by atoms with van der Waals surface area (Å²) in [5, 5.41) is 0.593. The van der Waals surface area contributed by atoms with Crippen LogP contribution in [0.15, 0.2) is 30.5 Å². The molecule has 6 nitrogen and oxygen atoms in total. The SMILES string of the molecule is Cc1cc(F)cnc1N1CC2(CN(C(=O)N3CCOc4cc(Cl)ccc43)C2)C1. The Kier molecular flexibility index (Phi) is 3.91. The molecule has 1 aromatic carbocycles. The number of aromatic nitrogens is 1. The minimum absolute atomic E-state index is 0.00651. The number of ether oxygens (including phenoxy) is 1. The third-order valence-electron chi connectivity index (χ3n) is 5.71. The summed E-state index contributed by atoms with van der Waals surface area (Å²) in [6, 6.07) is 6.86. The van der Waals surface area contributed by atoms with Crippen molar-refractivity contribution in [2.24, 2.45) is 5.41 Å². The number of amides is 2. The zero-order valence-electron chi connectivity index (χ0n) is 15.5. The molecule has 0 atom stereocenters. The van der Waals surface area contributed by atoms with Gasteiger partial charge >= 0.3 is 6.03 Å². The van der Waals surface area contributed by atoms with Gasteiger partial charge in [-0.25, -0.2) is 14.2 Å². The van der Waals surface area contributed by atoms with E-state index in [2.05, 4.69) is 9.88 Å². The van der Waals surface area contributed by atoms with Crippen LogP contribution in [0.25, 0.3) is 0 Å². The Morgan fingerprint density at radius 1 is 1.25 bits per heavy atom. The molecule has 0 aliphatic carbocycles. The third kappa shape index (κ3) is 2.76. The predicted molar refractivity (Wildman–Crippen MR) is 105 cm³/mol. The molecular formula is C20H20ClFN4O2. The van der Waals surface area contributed by atoms with Crippen molar-refractivity contribution >= 4 is 29.1 Å². The number of hydrogen-bond donors (Lipinski definition) is 0. The maximum atomic E-state index is 13.3. The Balaban J connectivity index is 1.23. The fourth-order valence-corrected chi connectivity index (χ4v) is 4.60. The summed E-state index contributed by atoms with van der Waals surface area (Å²) in [6.45, 7) is 5.99. The van der Waals surface area contributed by atoms with Crippen molar-refractivity contribution in [1.29, 1.82) is 0 Å². The molecule has 4 heterocycles. The Labute approximate surface area is 167 Å². The Morgan fingerprint density at radius 3 is 2.79 bits per heavy atom. The molecule has 2 amide bonds. The third-order valence-corrected chi connectivity index (χ3v) is 5.94. The first-order valence-corrected chi connectivity index (χ1v) is 9.68. The summed E-state index contributed by atoms with van der Waals surface area (Å²) in [6.07, 6.45) is 1.26. The molecule has 2 fully saturated rings. The number of rotatable bonds is 1. The Morgan fingerprint density at radius 2 is 2.04 bits per heavy atom. The van der Waals surface area contributed by atoms with E-state index >= 15 is 0 Å². The lowest BCUT2D eigenvalue weighted by atomic mass is 9.73. The zero-order valence-corrected chi connectivity index (χ0v) is 16.2. The summed E-state index contributed by atoms with van der Waals surface area (Å²) in [5.41, 5.74) is 1.72. The van der Waals surface area contributed by atoms with Crippen LogP contribution in [-0.2, 0) is 0 Å². The van der Waals surface area contributed by atoms with Gasteiger partial charge in [0.1, 0.15) is 24.0 Å². The normalized spacial score (nSPS) is 19.6. The molecule has 28 heavy (non-hydrogen) atoms. The van der Waals surface area contributed by atoms with Gasteiger partial charge in [0.25, 0.3) is 0 Å². The first-order chi connectivity index (χ1) is 13.4. The number of nitrogens with zero attached hydrogens (tertiary/aromatic N) is 4. The number of benzene rings is 1. The largest absolute Gasteiger partial charge is 0.489 e. The molecule has 3 aliphatic rings. The highest BCUT2D eigenvalue weighted by Crippen LogP contribution is 2.43. The minimum atomic E-state index is -0.316. The molecule has 8 heteroatoms. The van der Waals surface area contributed by atoms with Crippen molar-refractivity contribution < 1.29 is 13.9 Å². The van der Waals surface area contributed by atoms with Gasteiger partial charge in [0.15, 0.2) is 0 Å². The summed E-state index contributed by atoms with van der Waals surface area (Å²) < 4.78 is 18.9. The molecule has 0 saturated carbocycles. The maximum Gasteiger partial charge on any atom is 0.324 e. The number of anilines is 2. The summed E-state index contributed by atoms with van der Waals surface area (Å²) in [5.74, 6) is 1.16. The van der Waals surface area contributed by atoms with E-state index in [0.29, 0.717) is 23.9 Å². The minimum Gasteiger partial charge on any atom is -0.489 e. The highest BCUT2D eigenvalue weighted by atomic mass is 35.5. The highest BCUT2D eigenvalue weighted by Gasteiger charge is 2.54. The first kappa shape index (κ1) is 17.6. The van der Waals surface area contributed by atoms with E-state index in [1.807, 2.05) is 17.9 Å². The van der Waals surface area contributed by atoms with Crippen LogP contribution in [0.2, 0.25) is 5.02 Å². The number of urea groups is 1. The van der Waals surface area contributed by atoms with Gasteiger partial charge in [0.05, 0.1) is 18.4 Å². The number of hydrogen-bond acceptors (Lipinski definition) is 4. The Bertz CT molecular complexity index is 955. The monoisotopic (exact) mass is 402 g/mol. The number of halogens is 2. The summed E-state index contributed by atoms with van der Waals surface area (Å²) >= 11 is 6.03. The molecule has 0 unspecified atom stereocenters. The molecule has 2 saturated heterocycles. The van der Waals surface area contributed by atoms with Crippen LogP contribution in [0, 0.1) is 18.2 Å². The second-order valence-corrected chi connectivity index (χ2v) is 8.34. The number of aryl methyl sites for hydroxylation is 1. The van der Waals surface area contributed by atoms with Gasteiger partial charge in [0, 0.05) is 42.7 Å². The molecule has 2 aromatic rings. The molecule has 0 N–H and O–H groups in total. The van der Waals surface area contributed by atoms with Gasteiger partial charge in [0.2, 0.25) is 0 Å². The van der Waals surface area contributed by atoms with E-state index < -0.39 is 0 Å². The van der Waals surface area contributed by atoms with Gasteiger partial charge in [-0.3, -0.25) is 4.90 Å². The maximum absolute atomic E-state index is 13.3. The lowest BCUT2D eigenvalue weighted by Crippen LogP contribution is -2.74. The molecule has 1 spiro atoms. The molecule has 5 rings (SSSR count). The van der Waals surface area contributed by atoms with E-state index in [0.717, 1.165) is 43.2 Å². The molecule has 146 valence electrons. The van der Waals surface area contributed by atoms with Crippen molar-refractivity contribution in [3.8, 4) is 5.75 Å². The quantitative estimate of drug-likeness (QED) is 0.734. The van der Waals surface area contributed by atoms with Crippen LogP contribution in [0.3, 0.4) is 0 Å². The average molecular weight is 403 g/mol. The van der Waals surface area contributed by atoms with E-state index in [1.165, 1.54) is 12.3 Å². The van der Waals surface area contributed by atoms with Crippen LogP contribution < -0.4 is 14.5 Å². The first-order valence-electron chi connectivity index (χ1n) is 9.30. The van der Waals surface area contributed by atoms with Gasteiger partial charge in [-0.15, -0.1) is 0 Å². The fourth-order valence-electron chi connectivity index (χ4n) is 4.44. The summed E-state index contributed by atoms with van der Waals surface area (Å²) in [7, 11) is 0. The second-order valence-electron chi connectivity index (χ2n) is 7.90. The van der Waals surface area contributed by atoms with E-state index in [4.69, 9.17) is 16.3 Å². The van der Waals surface area contributed by atoms with Crippen molar-refractivity contribution in [1.82, 2.24) is 9.88 Å². The summed E-state index contributed by atoms with van der Waals surface area (Å²) in [4.78, 5) is 23.0. The fraction of sp³-hybridized carbons (Fsp3) is 0.400. The number of carbonyl (C=O) groups excluding carboxylic acids is 1. The van der Waals surface area contributed by atoms with E-state index in [9.17, 15) is 9.18 Å². The topological polar surface area (TPSA) is 48.9 Å². The van der Waals surface area contributed by atoms with Crippen LogP contribution in [-0.4, -0.2) is 55.2 Å². The molecular weight excluding hydrogens is 383 g/mol. The highest BCUT2D eigenvalue weighted by molar-refractivity contribution is 6.30. The van der Waals surface area contributed by atoms with E-state index in [1.54, 1.807) is 17.0 Å². The lowest BCUT2D eigenvalue weighted by Gasteiger charge is -2.61. The molecule has 3 aliphatic heterocycles. The van der Waals surface area contributed by atoms with Crippen LogP contribution in [0.1, 0.15) is 5.56 Å². The predicted octanol–water partition coefficient (Wildman–Crippen LogP) is 3.32. The number of carbonyl (C=O) groups is 1. The van der Waals surface area contributed by atoms with Crippen LogP contribution >= 0.6 is 11.6 Å². The second kappa shape index (κ2) is 6.24. The van der Waals surface area contributed by atoms with Crippen molar-refractivity contribution in [3.63, 3.8) is 0 Å². The van der Waals surface area contributed by atoms with Gasteiger partial charge < -0.3 is 14.5 Å². The zero-order chi connectivity index (χ0) is 19.5. The van der Waals surface area contributed by atoms with E-state index in [-0.39, 0.29) is 17.3 Å². The number of fused-ring (bicyclic) bond motifs is 1. The van der Waals surface area contributed by atoms with Gasteiger partial charge in [-0.1, -0.05) is 11.6 Å². The van der Waals surface area contributed by atoms with Crippen LogP contribution in [0.4, 0.5) is 20.7 Å². The molecule has 1 aromatic heterocycles. The lowest BCUT2D eigenvalue weighted by molar-refractivity contribution is 0.00921. The van der Waals surface area contributed by atoms with Gasteiger partial charge in [-0.05, 0) is 30.7 Å². The number of pyridine rings is 1. The number of likely N-dealkylation sites (tertiary alicyclic amines) is 1. The van der Waals surface area contributed by atoms with Crippen molar-refractivity contribution in [3.05, 3.63) is 46.9 Å². The van der Waals surface area contributed by atoms with Crippen molar-refractivity contribution in [2.45, 2.75) is 6.92 Å². The smallest absolute Gasteiger partial charge is 0.324 e. The molecule has 0 radical (unpaired) electrons.